The van der Waals surface area contributed by atoms with Crippen molar-refractivity contribution in [2.75, 3.05) is 25.6 Å². The predicted molar refractivity (Wildman–Crippen MR) is 95.2 cm³/mol. The highest BCUT2D eigenvalue weighted by atomic mass is 16.5. The first kappa shape index (κ1) is 18.3. The monoisotopic (exact) mass is 332 g/mol. The molecule has 1 aromatic rings. The number of hydrogen-bond acceptors (Lipinski definition) is 4. The van der Waals surface area contributed by atoms with Crippen molar-refractivity contribution in [1.29, 1.82) is 0 Å². The molecular formula is C19H28N2O3. The highest BCUT2D eigenvalue weighted by molar-refractivity contribution is 5.92. The molecule has 0 saturated heterocycles. The maximum absolute atomic E-state index is 12.1. The number of carbonyl (C=O) groups is 2. The Balaban J connectivity index is 1.85. The Labute approximate surface area is 144 Å². The molecule has 1 amide bonds. The van der Waals surface area contributed by atoms with Crippen molar-refractivity contribution in [2.24, 2.45) is 11.8 Å². The zero-order valence-electron chi connectivity index (χ0n) is 15.0. The van der Waals surface area contributed by atoms with Gasteiger partial charge in [-0.1, -0.05) is 32.8 Å². The molecule has 1 aliphatic rings. The minimum absolute atomic E-state index is 0.178. The van der Waals surface area contributed by atoms with E-state index in [0.717, 1.165) is 18.5 Å². The Morgan fingerprint density at radius 3 is 2.71 bits per heavy atom. The van der Waals surface area contributed by atoms with Crippen molar-refractivity contribution in [3.05, 3.63) is 29.8 Å². The summed E-state index contributed by atoms with van der Waals surface area (Å²) in [5.41, 5.74) is 1.37. The Morgan fingerprint density at radius 2 is 2.00 bits per heavy atom. The van der Waals surface area contributed by atoms with E-state index in [1.54, 1.807) is 18.2 Å². The van der Waals surface area contributed by atoms with Gasteiger partial charge in [-0.05, 0) is 36.5 Å². The molecule has 0 radical (unpaired) electrons. The number of anilines is 1. The molecule has 0 unspecified atom stereocenters. The molecule has 0 heterocycles. The van der Waals surface area contributed by atoms with Crippen LogP contribution in [-0.4, -0.2) is 38.6 Å². The van der Waals surface area contributed by atoms with Crippen molar-refractivity contribution in [2.45, 2.75) is 39.2 Å². The average Bonchev–Trinajstić information content (AvgIpc) is 2.57. The third kappa shape index (κ3) is 4.73. The van der Waals surface area contributed by atoms with E-state index in [1.165, 1.54) is 6.42 Å². The topological polar surface area (TPSA) is 58.6 Å². The second-order valence-corrected chi connectivity index (χ2v) is 6.96. The molecule has 1 saturated carbocycles. The first-order valence-corrected chi connectivity index (χ1v) is 8.62. The molecule has 1 fully saturated rings. The molecule has 132 valence electrons. The standard InChI is InChI=1S/C19H28N2O3/c1-13-7-5-10-17(14(13)2)20-18(22)12-24-19(23)15-8-6-9-16(11-15)21(3)4/h6,8-9,11,13-14,17H,5,7,10,12H2,1-4H3,(H,20,22)/t13-,14+,17-/m0/s1. The molecule has 2 rings (SSSR count). The van der Waals surface area contributed by atoms with Gasteiger partial charge in [-0.2, -0.15) is 0 Å². The Kier molecular flexibility index (Phi) is 6.23. The summed E-state index contributed by atoms with van der Waals surface area (Å²) < 4.78 is 5.16. The van der Waals surface area contributed by atoms with E-state index in [-0.39, 0.29) is 18.6 Å². The van der Waals surface area contributed by atoms with Crippen molar-refractivity contribution < 1.29 is 14.3 Å². The quantitative estimate of drug-likeness (QED) is 0.843. The minimum Gasteiger partial charge on any atom is -0.452 e. The number of ether oxygens (including phenoxy) is 1. The summed E-state index contributed by atoms with van der Waals surface area (Å²) >= 11 is 0. The lowest BCUT2D eigenvalue weighted by Crippen LogP contribution is -2.45. The Morgan fingerprint density at radius 1 is 1.25 bits per heavy atom. The molecular weight excluding hydrogens is 304 g/mol. The highest BCUT2D eigenvalue weighted by Crippen LogP contribution is 2.29. The predicted octanol–water partition coefficient (Wildman–Crippen LogP) is 2.85. The van der Waals surface area contributed by atoms with E-state index < -0.39 is 5.97 Å². The maximum atomic E-state index is 12.1. The largest absolute Gasteiger partial charge is 0.452 e. The first-order valence-electron chi connectivity index (χ1n) is 8.62. The van der Waals surface area contributed by atoms with Gasteiger partial charge in [0.1, 0.15) is 0 Å². The average molecular weight is 332 g/mol. The lowest BCUT2D eigenvalue weighted by Gasteiger charge is -2.34. The first-order chi connectivity index (χ1) is 11.4. The number of amides is 1. The van der Waals surface area contributed by atoms with Gasteiger partial charge < -0.3 is 15.0 Å². The summed E-state index contributed by atoms with van der Waals surface area (Å²) in [6.07, 6.45) is 3.34. The lowest BCUT2D eigenvalue weighted by atomic mass is 9.78. The lowest BCUT2D eigenvalue weighted by molar-refractivity contribution is -0.125. The fourth-order valence-electron chi connectivity index (χ4n) is 3.16. The van der Waals surface area contributed by atoms with Crippen LogP contribution in [0.1, 0.15) is 43.5 Å². The molecule has 3 atom stereocenters. The number of rotatable bonds is 5. The molecule has 0 bridgehead atoms. The number of nitrogens with one attached hydrogen (secondary N) is 1. The van der Waals surface area contributed by atoms with Gasteiger partial charge in [0, 0.05) is 25.8 Å². The van der Waals surface area contributed by atoms with Gasteiger partial charge in [0.15, 0.2) is 6.61 Å². The number of benzene rings is 1. The third-order valence-corrected chi connectivity index (χ3v) is 4.99. The van der Waals surface area contributed by atoms with E-state index in [0.29, 0.717) is 17.4 Å². The highest BCUT2D eigenvalue weighted by Gasteiger charge is 2.28. The minimum atomic E-state index is -0.473. The van der Waals surface area contributed by atoms with Crippen LogP contribution in [0.5, 0.6) is 0 Å². The molecule has 1 aromatic carbocycles. The van der Waals surface area contributed by atoms with Crippen LogP contribution in [0.3, 0.4) is 0 Å². The van der Waals surface area contributed by atoms with Gasteiger partial charge in [0.05, 0.1) is 5.56 Å². The van der Waals surface area contributed by atoms with Crippen LogP contribution in [0.4, 0.5) is 5.69 Å². The normalized spacial score (nSPS) is 23.4. The fraction of sp³-hybridized carbons (Fsp3) is 0.579. The van der Waals surface area contributed by atoms with Gasteiger partial charge in [-0.25, -0.2) is 4.79 Å². The molecule has 0 aliphatic heterocycles. The van der Waals surface area contributed by atoms with E-state index in [2.05, 4.69) is 19.2 Å². The van der Waals surface area contributed by atoms with Crippen molar-refractivity contribution in [1.82, 2.24) is 5.32 Å². The van der Waals surface area contributed by atoms with Crippen LogP contribution in [0.15, 0.2) is 24.3 Å². The number of hydrogen-bond donors (Lipinski definition) is 1. The summed E-state index contributed by atoms with van der Waals surface area (Å²) in [6.45, 7) is 4.16. The van der Waals surface area contributed by atoms with Crippen molar-refractivity contribution in [3.63, 3.8) is 0 Å². The SMILES string of the molecule is C[C@H]1[C@@H](NC(=O)COC(=O)c2cccc(N(C)C)c2)CCC[C@@H]1C. The van der Waals surface area contributed by atoms with Crippen LogP contribution in [0, 0.1) is 11.8 Å². The van der Waals surface area contributed by atoms with Crippen LogP contribution >= 0.6 is 0 Å². The second kappa shape index (κ2) is 8.18. The second-order valence-electron chi connectivity index (χ2n) is 6.96. The van der Waals surface area contributed by atoms with E-state index in [4.69, 9.17) is 4.74 Å². The molecule has 24 heavy (non-hydrogen) atoms. The number of nitrogens with zero attached hydrogens (tertiary/aromatic N) is 1. The molecule has 0 aromatic heterocycles. The van der Waals surface area contributed by atoms with Crippen molar-refractivity contribution in [3.8, 4) is 0 Å². The van der Waals surface area contributed by atoms with Gasteiger partial charge in [-0.15, -0.1) is 0 Å². The van der Waals surface area contributed by atoms with Crippen LogP contribution < -0.4 is 10.2 Å². The number of esters is 1. The van der Waals surface area contributed by atoms with Crippen LogP contribution in [-0.2, 0) is 9.53 Å². The summed E-state index contributed by atoms with van der Waals surface area (Å²) in [5.74, 6) is 0.368. The fourth-order valence-corrected chi connectivity index (χ4v) is 3.16. The van der Waals surface area contributed by atoms with Gasteiger partial charge in [0.2, 0.25) is 0 Å². The smallest absolute Gasteiger partial charge is 0.338 e. The maximum Gasteiger partial charge on any atom is 0.338 e. The molecule has 5 nitrogen and oxygen atoms in total. The molecule has 0 spiro atoms. The van der Waals surface area contributed by atoms with E-state index in [1.807, 2.05) is 25.1 Å². The van der Waals surface area contributed by atoms with Crippen LogP contribution in [0.25, 0.3) is 0 Å². The van der Waals surface area contributed by atoms with Gasteiger partial charge in [0.25, 0.3) is 5.91 Å². The molecule has 1 aliphatic carbocycles. The zero-order chi connectivity index (χ0) is 17.7. The molecule has 5 heteroatoms. The van der Waals surface area contributed by atoms with Gasteiger partial charge in [-0.3, -0.25) is 4.79 Å². The molecule has 1 N–H and O–H groups in total. The van der Waals surface area contributed by atoms with E-state index >= 15 is 0 Å². The Hall–Kier alpha value is -2.04. The zero-order valence-corrected chi connectivity index (χ0v) is 15.0. The third-order valence-electron chi connectivity index (χ3n) is 4.99. The van der Waals surface area contributed by atoms with Crippen molar-refractivity contribution >= 4 is 17.6 Å². The Bertz CT molecular complexity index is 586. The van der Waals surface area contributed by atoms with Crippen LogP contribution in [0.2, 0.25) is 0 Å². The summed E-state index contributed by atoms with van der Waals surface area (Å²) in [4.78, 5) is 26.1. The summed E-state index contributed by atoms with van der Waals surface area (Å²) in [7, 11) is 3.81. The summed E-state index contributed by atoms with van der Waals surface area (Å²) in [5, 5.41) is 3.01. The van der Waals surface area contributed by atoms with Gasteiger partial charge >= 0.3 is 5.97 Å². The van der Waals surface area contributed by atoms with E-state index in [9.17, 15) is 9.59 Å². The summed E-state index contributed by atoms with van der Waals surface area (Å²) in [6, 6.07) is 7.34. The number of carbonyl (C=O) groups excluding carboxylic acids is 2.